The molecule has 0 unspecified atom stereocenters. The average Bonchev–Trinajstić information content (AvgIpc) is 2.94. The molecule has 4 rings (SSSR count). The van der Waals surface area contributed by atoms with E-state index in [4.69, 9.17) is 18.3 Å². The van der Waals surface area contributed by atoms with Crippen LogP contribution in [0.1, 0.15) is 6.92 Å². The van der Waals surface area contributed by atoms with Crippen LogP contribution in [0.2, 0.25) is 0 Å². The van der Waals surface area contributed by atoms with Crippen molar-refractivity contribution in [3.8, 4) is 11.5 Å². The van der Waals surface area contributed by atoms with Gasteiger partial charge in [0.05, 0.1) is 17.9 Å². The third kappa shape index (κ3) is 2.04. The highest BCUT2D eigenvalue weighted by Gasteiger charge is 2.19. The van der Waals surface area contributed by atoms with Gasteiger partial charge < -0.3 is 18.3 Å². The Labute approximate surface area is 135 Å². The molecule has 6 heteroatoms. The Balaban J connectivity index is 2.12. The van der Waals surface area contributed by atoms with Gasteiger partial charge in [-0.1, -0.05) is 6.07 Å². The standard InChI is InChI=1S/C18H12O6/c1-9(19)22-10-6-7-11-14(8-10)24-18(20)16-15-12(21-2)4-3-5-13(15)23-17(11)16/h3-8H,1-2H3. The smallest absolute Gasteiger partial charge is 0.348 e. The maximum Gasteiger partial charge on any atom is 0.348 e. The van der Waals surface area contributed by atoms with Gasteiger partial charge in [0.15, 0.2) is 5.58 Å². The Morgan fingerprint density at radius 2 is 1.88 bits per heavy atom. The van der Waals surface area contributed by atoms with Crippen molar-refractivity contribution in [1.82, 2.24) is 0 Å². The van der Waals surface area contributed by atoms with Gasteiger partial charge in [0, 0.05) is 13.0 Å². The molecule has 0 aliphatic heterocycles. The number of esters is 1. The molecule has 0 saturated carbocycles. The van der Waals surface area contributed by atoms with Gasteiger partial charge >= 0.3 is 11.6 Å². The van der Waals surface area contributed by atoms with Crippen LogP contribution in [0, 0.1) is 0 Å². The van der Waals surface area contributed by atoms with Crippen LogP contribution in [-0.2, 0) is 4.79 Å². The summed E-state index contributed by atoms with van der Waals surface area (Å²) in [6, 6.07) is 10.1. The number of rotatable bonds is 2. The third-order valence-corrected chi connectivity index (χ3v) is 3.76. The molecule has 0 saturated heterocycles. The van der Waals surface area contributed by atoms with Gasteiger partial charge in [-0.2, -0.15) is 0 Å². The summed E-state index contributed by atoms with van der Waals surface area (Å²) < 4.78 is 21.6. The summed E-state index contributed by atoms with van der Waals surface area (Å²) in [4.78, 5) is 23.5. The van der Waals surface area contributed by atoms with E-state index >= 15 is 0 Å². The van der Waals surface area contributed by atoms with Crippen LogP contribution in [0.4, 0.5) is 0 Å². The molecule has 4 aromatic rings. The highest BCUT2D eigenvalue weighted by molar-refractivity contribution is 6.15. The first-order valence-electron chi connectivity index (χ1n) is 7.23. The fourth-order valence-electron chi connectivity index (χ4n) is 2.83. The van der Waals surface area contributed by atoms with E-state index in [1.54, 1.807) is 30.3 Å². The molecule has 0 fully saturated rings. The quantitative estimate of drug-likeness (QED) is 0.318. The van der Waals surface area contributed by atoms with Gasteiger partial charge in [0.2, 0.25) is 0 Å². The predicted octanol–water partition coefficient (Wildman–Crippen LogP) is 3.63. The number of benzene rings is 2. The number of carbonyl (C=O) groups is 1. The largest absolute Gasteiger partial charge is 0.496 e. The van der Waals surface area contributed by atoms with Crippen molar-refractivity contribution in [3.63, 3.8) is 0 Å². The number of ether oxygens (including phenoxy) is 2. The lowest BCUT2D eigenvalue weighted by molar-refractivity contribution is -0.131. The molecular weight excluding hydrogens is 312 g/mol. The average molecular weight is 324 g/mol. The Morgan fingerprint density at radius 3 is 2.62 bits per heavy atom. The fourth-order valence-corrected chi connectivity index (χ4v) is 2.83. The number of carbonyl (C=O) groups excluding carboxylic acids is 1. The maximum atomic E-state index is 12.5. The Kier molecular flexibility index (Phi) is 3.06. The molecular formula is C18H12O6. The first-order valence-corrected chi connectivity index (χ1v) is 7.23. The number of furan rings is 1. The molecule has 2 heterocycles. The van der Waals surface area contributed by atoms with Gasteiger partial charge in [0.25, 0.3) is 0 Å². The number of hydrogen-bond donors (Lipinski definition) is 0. The fraction of sp³-hybridized carbons (Fsp3) is 0.111. The lowest BCUT2D eigenvalue weighted by Crippen LogP contribution is -2.02. The summed E-state index contributed by atoms with van der Waals surface area (Å²) in [6.07, 6.45) is 0. The molecule has 0 N–H and O–H groups in total. The molecule has 0 atom stereocenters. The summed E-state index contributed by atoms with van der Waals surface area (Å²) in [6.45, 7) is 1.30. The first-order chi connectivity index (χ1) is 11.6. The van der Waals surface area contributed by atoms with Crippen LogP contribution in [0.15, 0.2) is 50.0 Å². The van der Waals surface area contributed by atoms with E-state index in [1.807, 2.05) is 0 Å². The molecule has 0 amide bonds. The molecule has 0 radical (unpaired) electrons. The number of hydrogen-bond acceptors (Lipinski definition) is 6. The van der Waals surface area contributed by atoms with E-state index in [0.717, 1.165) is 0 Å². The minimum Gasteiger partial charge on any atom is -0.496 e. The Hall–Kier alpha value is -3.28. The molecule has 120 valence electrons. The lowest BCUT2D eigenvalue weighted by atomic mass is 10.1. The molecule has 2 aromatic heterocycles. The zero-order chi connectivity index (χ0) is 16.8. The number of methoxy groups -OCH3 is 1. The lowest BCUT2D eigenvalue weighted by Gasteiger charge is -2.03. The second-order valence-electron chi connectivity index (χ2n) is 5.28. The molecule has 6 nitrogen and oxygen atoms in total. The van der Waals surface area contributed by atoms with Crippen LogP contribution in [0.3, 0.4) is 0 Å². The first kappa shape index (κ1) is 14.3. The van der Waals surface area contributed by atoms with Crippen molar-refractivity contribution in [2.75, 3.05) is 7.11 Å². The topological polar surface area (TPSA) is 78.9 Å². The SMILES string of the molecule is COc1cccc2oc3c4ccc(OC(C)=O)cc4oc(=O)c3c12. The van der Waals surface area contributed by atoms with Gasteiger partial charge in [0.1, 0.15) is 28.1 Å². The maximum absolute atomic E-state index is 12.5. The zero-order valence-corrected chi connectivity index (χ0v) is 12.9. The predicted molar refractivity (Wildman–Crippen MR) is 87.6 cm³/mol. The molecule has 0 aliphatic carbocycles. The second-order valence-corrected chi connectivity index (χ2v) is 5.28. The Morgan fingerprint density at radius 1 is 1.04 bits per heavy atom. The second kappa shape index (κ2) is 5.13. The number of fused-ring (bicyclic) bond motifs is 5. The van der Waals surface area contributed by atoms with Gasteiger partial charge in [-0.15, -0.1) is 0 Å². The van der Waals surface area contributed by atoms with Crippen LogP contribution >= 0.6 is 0 Å². The van der Waals surface area contributed by atoms with Gasteiger partial charge in [-0.3, -0.25) is 4.79 Å². The zero-order valence-electron chi connectivity index (χ0n) is 12.9. The van der Waals surface area contributed by atoms with Crippen molar-refractivity contribution >= 4 is 38.9 Å². The van der Waals surface area contributed by atoms with E-state index in [2.05, 4.69) is 0 Å². The van der Waals surface area contributed by atoms with Gasteiger partial charge in [-0.05, 0) is 24.3 Å². The molecule has 0 bridgehead atoms. The minimum absolute atomic E-state index is 0.282. The van der Waals surface area contributed by atoms with Crippen molar-refractivity contribution in [2.45, 2.75) is 6.92 Å². The van der Waals surface area contributed by atoms with Crippen molar-refractivity contribution in [1.29, 1.82) is 0 Å². The molecule has 2 aromatic carbocycles. The van der Waals surface area contributed by atoms with Crippen LogP contribution in [-0.4, -0.2) is 13.1 Å². The molecule has 24 heavy (non-hydrogen) atoms. The minimum atomic E-state index is -0.541. The van der Waals surface area contributed by atoms with E-state index in [9.17, 15) is 9.59 Å². The van der Waals surface area contributed by atoms with E-state index < -0.39 is 11.6 Å². The summed E-state index contributed by atoms with van der Waals surface area (Å²) in [7, 11) is 1.53. The van der Waals surface area contributed by atoms with E-state index in [0.29, 0.717) is 38.8 Å². The monoisotopic (exact) mass is 324 g/mol. The normalized spacial score (nSPS) is 11.2. The molecule has 0 spiro atoms. The van der Waals surface area contributed by atoms with Crippen LogP contribution in [0.5, 0.6) is 11.5 Å². The third-order valence-electron chi connectivity index (χ3n) is 3.76. The van der Waals surface area contributed by atoms with Gasteiger partial charge in [-0.25, -0.2) is 4.79 Å². The Bertz CT molecular complexity index is 1160. The highest BCUT2D eigenvalue weighted by atomic mass is 16.5. The van der Waals surface area contributed by atoms with Crippen molar-refractivity contribution < 1.29 is 23.1 Å². The van der Waals surface area contributed by atoms with E-state index in [1.165, 1.54) is 20.1 Å². The highest BCUT2D eigenvalue weighted by Crippen LogP contribution is 2.37. The molecule has 0 aliphatic rings. The summed E-state index contributed by atoms with van der Waals surface area (Å²) in [5.74, 6) is 0.381. The van der Waals surface area contributed by atoms with Crippen molar-refractivity contribution in [2.24, 2.45) is 0 Å². The van der Waals surface area contributed by atoms with Crippen molar-refractivity contribution in [3.05, 3.63) is 46.8 Å². The summed E-state index contributed by atoms with van der Waals surface area (Å²) >= 11 is 0. The van der Waals surface area contributed by atoms with E-state index in [-0.39, 0.29) is 5.58 Å². The summed E-state index contributed by atoms with van der Waals surface area (Å²) in [5, 5.41) is 1.52. The van der Waals surface area contributed by atoms with Crippen LogP contribution in [0.25, 0.3) is 32.9 Å². The summed E-state index contributed by atoms with van der Waals surface area (Å²) in [5.41, 5.74) is 0.688. The van der Waals surface area contributed by atoms with Crippen LogP contribution < -0.4 is 15.1 Å².